The number of nitrogens with zero attached hydrogens (tertiary/aromatic N) is 2. The van der Waals surface area contributed by atoms with E-state index >= 15 is 0 Å². The Morgan fingerprint density at radius 2 is 0.719 bits per heavy atom. The van der Waals surface area contributed by atoms with Gasteiger partial charge in [0.25, 0.3) is 0 Å². The van der Waals surface area contributed by atoms with Crippen LogP contribution in [0.5, 0.6) is 0 Å². The van der Waals surface area contributed by atoms with Gasteiger partial charge in [0.15, 0.2) is 0 Å². The Hall–Kier alpha value is -7.42. The van der Waals surface area contributed by atoms with Gasteiger partial charge in [0.1, 0.15) is 0 Å². The van der Waals surface area contributed by atoms with E-state index in [1.165, 1.54) is 99.4 Å². The first-order chi connectivity index (χ1) is 28.3. The number of aromatic nitrogens is 2. The lowest BCUT2D eigenvalue weighted by Gasteiger charge is -2.19. The molecule has 0 bridgehead atoms. The molecule has 0 fully saturated rings. The SMILES string of the molecule is c1ccc(-c2ccc(-n3c4ccccc4c4cc(-c5ccccc5C5c6ccccc6-c6cc(-n7c8ccccc8c8ccccc87)ccc65)ccc43)cc2)cc1. The highest BCUT2D eigenvalue weighted by molar-refractivity contribution is 6.11. The predicted molar refractivity (Wildman–Crippen MR) is 239 cm³/mol. The Balaban J connectivity index is 0.996. The highest BCUT2D eigenvalue weighted by atomic mass is 15.0. The number of benzene rings is 9. The van der Waals surface area contributed by atoms with E-state index in [0.717, 1.165) is 5.69 Å². The third-order valence-electron chi connectivity index (χ3n) is 12.2. The molecule has 2 aromatic heterocycles. The molecule has 0 amide bonds. The van der Waals surface area contributed by atoms with Crippen molar-refractivity contribution in [2.24, 2.45) is 0 Å². The van der Waals surface area contributed by atoms with E-state index in [2.05, 4.69) is 221 Å². The largest absolute Gasteiger partial charge is 0.309 e. The van der Waals surface area contributed by atoms with E-state index in [1.807, 2.05) is 0 Å². The molecule has 0 aliphatic heterocycles. The molecule has 9 aromatic carbocycles. The molecule has 12 rings (SSSR count). The number of hydrogen-bond acceptors (Lipinski definition) is 0. The van der Waals surface area contributed by atoms with Crippen molar-refractivity contribution in [3.63, 3.8) is 0 Å². The van der Waals surface area contributed by atoms with Gasteiger partial charge >= 0.3 is 0 Å². The van der Waals surface area contributed by atoms with Crippen LogP contribution in [0.25, 0.3) is 88.4 Å². The van der Waals surface area contributed by atoms with Gasteiger partial charge in [-0.15, -0.1) is 0 Å². The molecule has 0 saturated heterocycles. The van der Waals surface area contributed by atoms with Gasteiger partial charge in [0, 0.05) is 38.8 Å². The Kier molecular flexibility index (Phi) is 7.02. The van der Waals surface area contributed by atoms with E-state index in [4.69, 9.17) is 0 Å². The van der Waals surface area contributed by atoms with Gasteiger partial charge in [-0.05, 0) is 105 Å². The quantitative estimate of drug-likeness (QED) is 0.167. The van der Waals surface area contributed by atoms with Crippen molar-refractivity contribution in [1.29, 1.82) is 0 Å². The molecule has 0 saturated carbocycles. The lowest BCUT2D eigenvalue weighted by Crippen LogP contribution is -2.02. The third-order valence-corrected chi connectivity index (χ3v) is 12.2. The van der Waals surface area contributed by atoms with E-state index < -0.39 is 0 Å². The van der Waals surface area contributed by atoms with Crippen LogP contribution < -0.4 is 0 Å². The Morgan fingerprint density at radius 3 is 1.40 bits per heavy atom. The van der Waals surface area contributed by atoms with Crippen molar-refractivity contribution >= 4 is 43.6 Å². The first-order valence-corrected chi connectivity index (χ1v) is 19.8. The van der Waals surface area contributed by atoms with Crippen molar-refractivity contribution in [1.82, 2.24) is 9.13 Å². The van der Waals surface area contributed by atoms with Gasteiger partial charge in [-0.1, -0.05) is 158 Å². The molecule has 1 aliphatic carbocycles. The van der Waals surface area contributed by atoms with E-state index in [-0.39, 0.29) is 5.92 Å². The summed E-state index contributed by atoms with van der Waals surface area (Å²) in [7, 11) is 0. The first-order valence-electron chi connectivity index (χ1n) is 19.8. The maximum absolute atomic E-state index is 2.43. The van der Waals surface area contributed by atoms with Crippen LogP contribution in [0.2, 0.25) is 0 Å². The van der Waals surface area contributed by atoms with Crippen LogP contribution in [0.4, 0.5) is 0 Å². The van der Waals surface area contributed by atoms with Gasteiger partial charge in [-0.2, -0.15) is 0 Å². The average Bonchev–Trinajstić information content (AvgIpc) is 3.92. The van der Waals surface area contributed by atoms with Crippen LogP contribution >= 0.6 is 0 Å². The molecule has 2 nitrogen and oxygen atoms in total. The molecule has 266 valence electrons. The summed E-state index contributed by atoms with van der Waals surface area (Å²) >= 11 is 0. The monoisotopic (exact) mass is 724 g/mol. The lowest BCUT2D eigenvalue weighted by atomic mass is 9.84. The summed E-state index contributed by atoms with van der Waals surface area (Å²) in [5.41, 5.74) is 18.8. The van der Waals surface area contributed by atoms with Crippen LogP contribution in [-0.2, 0) is 0 Å². The average molecular weight is 725 g/mol. The number of rotatable bonds is 5. The van der Waals surface area contributed by atoms with Crippen molar-refractivity contribution in [3.8, 4) is 44.8 Å². The van der Waals surface area contributed by atoms with Crippen LogP contribution in [0, 0.1) is 0 Å². The smallest absolute Gasteiger partial charge is 0.0541 e. The van der Waals surface area contributed by atoms with E-state index in [9.17, 15) is 0 Å². The fraction of sp³-hybridized carbons (Fsp3) is 0.0182. The molecule has 2 heteroatoms. The predicted octanol–water partition coefficient (Wildman–Crippen LogP) is 14.4. The summed E-state index contributed by atoms with van der Waals surface area (Å²) in [5, 5.41) is 5.07. The first kappa shape index (κ1) is 31.9. The second kappa shape index (κ2) is 12.6. The van der Waals surface area contributed by atoms with Gasteiger partial charge < -0.3 is 9.13 Å². The summed E-state index contributed by atoms with van der Waals surface area (Å²) < 4.78 is 4.84. The Labute approximate surface area is 331 Å². The fourth-order valence-electron chi connectivity index (χ4n) is 9.73. The van der Waals surface area contributed by atoms with Gasteiger partial charge in [0.2, 0.25) is 0 Å². The maximum Gasteiger partial charge on any atom is 0.0541 e. The van der Waals surface area contributed by atoms with E-state index in [0.29, 0.717) is 0 Å². The van der Waals surface area contributed by atoms with Crippen LogP contribution in [0.1, 0.15) is 22.6 Å². The summed E-state index contributed by atoms with van der Waals surface area (Å²) in [5.74, 6) is 0.111. The topological polar surface area (TPSA) is 9.86 Å². The zero-order valence-electron chi connectivity index (χ0n) is 31.2. The zero-order chi connectivity index (χ0) is 37.5. The standard InChI is InChI=1S/C55H36N2/c1-2-14-36(15-3-1)37-26-29-39(30-27-37)56-53-25-13-10-20-45(53)50-34-38(28-33-54(50)56)41-16-4-6-21-46(41)55-47-22-7-5-17-42(47)49-35-40(31-32-48(49)55)57-51-23-11-8-18-43(51)44-19-9-12-24-52(44)57/h1-35,55H. The van der Waals surface area contributed by atoms with Crippen LogP contribution in [0.15, 0.2) is 212 Å². The molecular formula is C55H36N2. The highest BCUT2D eigenvalue weighted by Gasteiger charge is 2.32. The van der Waals surface area contributed by atoms with Gasteiger partial charge in [-0.25, -0.2) is 0 Å². The molecule has 0 N–H and O–H groups in total. The lowest BCUT2D eigenvalue weighted by molar-refractivity contribution is 1.02. The Morgan fingerprint density at radius 1 is 0.263 bits per heavy atom. The van der Waals surface area contributed by atoms with Crippen LogP contribution in [-0.4, -0.2) is 9.13 Å². The second-order valence-corrected chi connectivity index (χ2v) is 15.2. The molecule has 57 heavy (non-hydrogen) atoms. The molecule has 1 aliphatic rings. The molecule has 1 atom stereocenters. The molecular weight excluding hydrogens is 689 g/mol. The number of fused-ring (bicyclic) bond motifs is 9. The minimum atomic E-state index is 0.111. The molecule has 1 unspecified atom stereocenters. The summed E-state index contributed by atoms with van der Waals surface area (Å²) in [6.45, 7) is 0. The van der Waals surface area contributed by atoms with E-state index in [1.54, 1.807) is 0 Å². The van der Waals surface area contributed by atoms with Crippen molar-refractivity contribution in [2.45, 2.75) is 5.92 Å². The maximum atomic E-state index is 2.43. The Bertz CT molecular complexity index is 3290. The third kappa shape index (κ3) is 4.84. The van der Waals surface area contributed by atoms with Gasteiger partial charge in [0.05, 0.1) is 22.1 Å². The van der Waals surface area contributed by atoms with Crippen molar-refractivity contribution < 1.29 is 0 Å². The fourth-order valence-corrected chi connectivity index (χ4v) is 9.73. The molecule has 0 radical (unpaired) electrons. The normalized spacial score (nSPS) is 13.4. The number of hydrogen-bond donors (Lipinski definition) is 0. The summed E-state index contributed by atoms with van der Waals surface area (Å²) in [6.07, 6.45) is 0. The minimum Gasteiger partial charge on any atom is -0.309 e. The van der Waals surface area contributed by atoms with Crippen LogP contribution in [0.3, 0.4) is 0 Å². The second-order valence-electron chi connectivity index (χ2n) is 15.2. The zero-order valence-corrected chi connectivity index (χ0v) is 31.2. The van der Waals surface area contributed by atoms with Crippen molar-refractivity contribution in [2.75, 3.05) is 0 Å². The summed E-state index contributed by atoms with van der Waals surface area (Å²) in [4.78, 5) is 0. The summed E-state index contributed by atoms with van der Waals surface area (Å²) in [6, 6.07) is 78.2. The van der Waals surface area contributed by atoms with Gasteiger partial charge in [-0.3, -0.25) is 0 Å². The molecule has 0 spiro atoms. The van der Waals surface area contributed by atoms with Crippen molar-refractivity contribution in [3.05, 3.63) is 229 Å². The highest BCUT2D eigenvalue weighted by Crippen LogP contribution is 2.51. The molecule has 11 aromatic rings. The number of para-hydroxylation sites is 3. The minimum absolute atomic E-state index is 0.111. The molecule has 2 heterocycles.